The number of nitrogens with zero attached hydrogens (tertiary/aromatic N) is 1. The van der Waals surface area contributed by atoms with Crippen LogP contribution in [0.5, 0.6) is 0 Å². The molecule has 28 heavy (non-hydrogen) atoms. The van der Waals surface area contributed by atoms with Crippen LogP contribution in [0.4, 0.5) is 0 Å². The number of esters is 1. The summed E-state index contributed by atoms with van der Waals surface area (Å²) in [5.74, 6) is -0.563. The minimum atomic E-state index is -1.26. The molecule has 2 aromatic carbocycles. The lowest BCUT2D eigenvalue weighted by Gasteiger charge is -2.30. The van der Waals surface area contributed by atoms with Crippen LogP contribution in [-0.2, 0) is 26.3 Å². The number of rotatable bonds is 4. The third kappa shape index (κ3) is 3.11. The van der Waals surface area contributed by atoms with E-state index in [1.807, 2.05) is 86.3 Å². The molecule has 1 amide bonds. The summed E-state index contributed by atoms with van der Waals surface area (Å²) in [5.41, 5.74) is -0.339. The van der Waals surface area contributed by atoms with Gasteiger partial charge in [0.25, 0.3) is 0 Å². The summed E-state index contributed by atoms with van der Waals surface area (Å²) >= 11 is 0. The van der Waals surface area contributed by atoms with E-state index < -0.39 is 17.0 Å². The molecule has 2 aliphatic rings. The fourth-order valence-corrected chi connectivity index (χ4v) is 4.30. The maximum absolute atomic E-state index is 13.8. The fraction of sp³-hybridized carbons (Fsp3) is 0.417. The van der Waals surface area contributed by atoms with Gasteiger partial charge in [-0.2, -0.15) is 0 Å². The van der Waals surface area contributed by atoms with E-state index in [4.69, 9.17) is 4.74 Å². The number of hydrogen-bond donors (Lipinski definition) is 0. The zero-order valence-corrected chi connectivity index (χ0v) is 16.8. The highest BCUT2D eigenvalue weighted by Crippen LogP contribution is 2.58. The molecule has 1 aliphatic heterocycles. The highest BCUT2D eigenvalue weighted by atomic mass is 16.6. The third-order valence-electron chi connectivity index (χ3n) is 5.80. The first kappa shape index (κ1) is 18.7. The van der Waals surface area contributed by atoms with Gasteiger partial charge in [0.2, 0.25) is 5.91 Å². The molecule has 1 atom stereocenters. The Bertz CT molecular complexity index is 881. The van der Waals surface area contributed by atoms with Crippen molar-refractivity contribution in [1.29, 1.82) is 0 Å². The summed E-state index contributed by atoms with van der Waals surface area (Å²) in [7, 11) is 0. The Morgan fingerprint density at radius 1 is 1.00 bits per heavy atom. The standard InChI is InChI=1S/C24H27NO3/c1-22(2,3)28-21(27)24(19-12-8-5-9-13-19)17-23(14-15-23)25(20(24)26)16-18-10-6-4-7-11-18/h4-13H,14-17H2,1-3H3. The molecule has 146 valence electrons. The first-order chi connectivity index (χ1) is 13.3. The number of carbonyl (C=O) groups is 2. The van der Waals surface area contributed by atoms with Crippen LogP contribution in [0.2, 0.25) is 0 Å². The van der Waals surface area contributed by atoms with Gasteiger partial charge in [0.15, 0.2) is 5.41 Å². The number of carbonyl (C=O) groups excluding carboxylic acids is 2. The normalized spacial score (nSPS) is 23.1. The van der Waals surface area contributed by atoms with E-state index in [1.54, 1.807) is 0 Å². The molecule has 1 saturated heterocycles. The van der Waals surface area contributed by atoms with E-state index >= 15 is 0 Å². The van der Waals surface area contributed by atoms with Gasteiger partial charge in [0.05, 0.1) is 0 Å². The van der Waals surface area contributed by atoms with Crippen LogP contribution in [0.3, 0.4) is 0 Å². The minimum absolute atomic E-state index is 0.130. The average Bonchev–Trinajstić information content (AvgIpc) is 3.39. The van der Waals surface area contributed by atoms with Gasteiger partial charge in [-0.05, 0) is 51.2 Å². The SMILES string of the molecule is CC(C)(C)OC(=O)C1(c2ccccc2)CC2(CC2)N(Cc2ccccc2)C1=O. The van der Waals surface area contributed by atoms with E-state index in [0.717, 1.165) is 24.0 Å². The zero-order chi connectivity index (χ0) is 20.0. The molecule has 1 heterocycles. The Morgan fingerprint density at radius 3 is 2.11 bits per heavy atom. The van der Waals surface area contributed by atoms with Gasteiger partial charge in [-0.25, -0.2) is 0 Å². The first-order valence-electron chi connectivity index (χ1n) is 9.92. The monoisotopic (exact) mass is 377 g/mol. The quantitative estimate of drug-likeness (QED) is 0.592. The van der Waals surface area contributed by atoms with E-state index in [-0.39, 0.29) is 11.4 Å². The lowest BCUT2D eigenvalue weighted by molar-refractivity contribution is -0.165. The maximum atomic E-state index is 13.8. The van der Waals surface area contributed by atoms with Crippen LogP contribution in [0.15, 0.2) is 60.7 Å². The number of ether oxygens (including phenoxy) is 1. The molecule has 0 radical (unpaired) electrons. The van der Waals surface area contributed by atoms with E-state index in [9.17, 15) is 9.59 Å². The number of likely N-dealkylation sites (tertiary alicyclic amines) is 1. The summed E-state index contributed by atoms with van der Waals surface area (Å²) in [6.07, 6.45) is 2.36. The summed E-state index contributed by atoms with van der Waals surface area (Å²) in [6.45, 7) is 6.06. The highest BCUT2D eigenvalue weighted by Gasteiger charge is 2.69. The van der Waals surface area contributed by atoms with Gasteiger partial charge < -0.3 is 9.64 Å². The van der Waals surface area contributed by atoms with Crippen molar-refractivity contribution in [3.63, 3.8) is 0 Å². The second kappa shape index (κ2) is 6.47. The van der Waals surface area contributed by atoms with Crippen LogP contribution in [-0.4, -0.2) is 27.9 Å². The van der Waals surface area contributed by atoms with Gasteiger partial charge in [-0.3, -0.25) is 9.59 Å². The maximum Gasteiger partial charge on any atom is 0.326 e. The Labute approximate surface area is 166 Å². The molecule has 2 fully saturated rings. The van der Waals surface area contributed by atoms with Crippen LogP contribution in [0.25, 0.3) is 0 Å². The van der Waals surface area contributed by atoms with Crippen LogP contribution >= 0.6 is 0 Å². The van der Waals surface area contributed by atoms with Crippen molar-refractivity contribution in [1.82, 2.24) is 4.90 Å². The van der Waals surface area contributed by atoms with Crippen LogP contribution < -0.4 is 0 Å². The third-order valence-corrected chi connectivity index (χ3v) is 5.80. The molecule has 4 heteroatoms. The number of amides is 1. The van der Waals surface area contributed by atoms with Crippen molar-refractivity contribution in [2.24, 2.45) is 0 Å². The summed E-state index contributed by atoms with van der Waals surface area (Å²) in [5, 5.41) is 0. The smallest absolute Gasteiger partial charge is 0.326 e. The molecular formula is C24H27NO3. The largest absolute Gasteiger partial charge is 0.459 e. The van der Waals surface area contributed by atoms with E-state index in [2.05, 4.69) is 0 Å². The minimum Gasteiger partial charge on any atom is -0.459 e. The molecule has 1 unspecified atom stereocenters. The molecule has 1 saturated carbocycles. The van der Waals surface area contributed by atoms with Crippen molar-refractivity contribution in [2.75, 3.05) is 0 Å². The molecular weight excluding hydrogens is 350 g/mol. The van der Waals surface area contributed by atoms with Crippen molar-refractivity contribution in [3.05, 3.63) is 71.8 Å². The molecule has 1 spiro atoms. The van der Waals surface area contributed by atoms with Gasteiger partial charge in [-0.1, -0.05) is 60.7 Å². The average molecular weight is 377 g/mol. The van der Waals surface area contributed by atoms with Crippen LogP contribution in [0, 0.1) is 0 Å². The molecule has 0 bridgehead atoms. The summed E-state index contributed by atoms with van der Waals surface area (Å²) in [4.78, 5) is 29.2. The van der Waals surface area contributed by atoms with Gasteiger partial charge in [0.1, 0.15) is 5.60 Å². The highest BCUT2D eigenvalue weighted by molar-refractivity contribution is 6.11. The fourth-order valence-electron chi connectivity index (χ4n) is 4.30. The van der Waals surface area contributed by atoms with Crippen molar-refractivity contribution in [3.8, 4) is 0 Å². The number of benzene rings is 2. The van der Waals surface area contributed by atoms with Crippen molar-refractivity contribution in [2.45, 2.75) is 63.1 Å². The van der Waals surface area contributed by atoms with E-state index in [1.165, 1.54) is 0 Å². The molecule has 4 rings (SSSR count). The molecule has 1 aliphatic carbocycles. The summed E-state index contributed by atoms with van der Waals surface area (Å²) in [6, 6.07) is 19.4. The number of hydrogen-bond acceptors (Lipinski definition) is 3. The molecule has 0 aromatic heterocycles. The van der Waals surface area contributed by atoms with Gasteiger partial charge in [-0.15, -0.1) is 0 Å². The van der Waals surface area contributed by atoms with Crippen LogP contribution in [0.1, 0.15) is 51.2 Å². The van der Waals surface area contributed by atoms with Gasteiger partial charge in [0, 0.05) is 12.1 Å². The Morgan fingerprint density at radius 2 is 1.57 bits per heavy atom. The van der Waals surface area contributed by atoms with Crippen molar-refractivity contribution >= 4 is 11.9 Å². The Kier molecular flexibility index (Phi) is 4.33. The molecule has 4 nitrogen and oxygen atoms in total. The van der Waals surface area contributed by atoms with Gasteiger partial charge >= 0.3 is 5.97 Å². The Hall–Kier alpha value is -2.62. The summed E-state index contributed by atoms with van der Waals surface area (Å²) < 4.78 is 5.78. The van der Waals surface area contributed by atoms with E-state index in [0.29, 0.717) is 13.0 Å². The lowest BCUT2D eigenvalue weighted by atomic mass is 9.77. The topological polar surface area (TPSA) is 46.6 Å². The molecule has 0 N–H and O–H groups in total. The second-order valence-electron chi connectivity index (χ2n) is 9.05. The first-order valence-corrected chi connectivity index (χ1v) is 9.92. The van der Waals surface area contributed by atoms with Crippen molar-refractivity contribution < 1.29 is 14.3 Å². The molecule has 2 aromatic rings. The Balaban J connectivity index is 1.77. The predicted molar refractivity (Wildman–Crippen MR) is 108 cm³/mol. The lowest BCUT2D eigenvalue weighted by Crippen LogP contribution is -2.47. The predicted octanol–water partition coefficient (Wildman–Crippen LogP) is 4.23. The second-order valence-corrected chi connectivity index (χ2v) is 9.05. The zero-order valence-electron chi connectivity index (χ0n) is 16.8.